The molecule has 26 heavy (non-hydrogen) atoms. The molecule has 5 nitrogen and oxygen atoms in total. The number of amides is 1. The number of nitrogens with zero attached hydrogens (tertiary/aromatic N) is 4. The summed E-state index contributed by atoms with van der Waals surface area (Å²) in [5, 5.41) is 3.15. The maximum absolute atomic E-state index is 13.3. The van der Waals surface area contributed by atoms with Gasteiger partial charge in [-0.2, -0.15) is 0 Å². The Labute approximate surface area is 156 Å². The predicted molar refractivity (Wildman–Crippen MR) is 103 cm³/mol. The first-order valence-electron chi connectivity index (χ1n) is 9.12. The molecule has 0 bridgehead atoms. The molecule has 0 N–H and O–H groups in total. The van der Waals surface area contributed by atoms with E-state index >= 15 is 0 Å². The van der Waals surface area contributed by atoms with Gasteiger partial charge in [0.15, 0.2) is 0 Å². The summed E-state index contributed by atoms with van der Waals surface area (Å²) in [4.78, 5) is 27.8. The molecule has 2 aromatic heterocycles. The number of carbonyl (C=O) groups excluding carboxylic acids is 1. The van der Waals surface area contributed by atoms with Crippen molar-refractivity contribution in [3.8, 4) is 0 Å². The van der Waals surface area contributed by atoms with Crippen molar-refractivity contribution in [2.45, 2.75) is 31.8 Å². The Morgan fingerprint density at radius 1 is 1.15 bits per heavy atom. The number of rotatable bonds is 2. The molecular formula is C20H20N4OS. The fourth-order valence-corrected chi connectivity index (χ4v) is 5.03. The van der Waals surface area contributed by atoms with E-state index in [4.69, 9.17) is 0 Å². The average Bonchev–Trinajstić information content (AvgIpc) is 3.35. The van der Waals surface area contributed by atoms with Crippen LogP contribution in [0.15, 0.2) is 42.0 Å². The molecule has 5 rings (SSSR count). The molecule has 2 aliphatic rings. The van der Waals surface area contributed by atoms with Crippen LogP contribution in [0.4, 0.5) is 5.82 Å². The molecule has 6 heteroatoms. The van der Waals surface area contributed by atoms with Gasteiger partial charge in [0.05, 0.1) is 5.52 Å². The summed E-state index contributed by atoms with van der Waals surface area (Å²) < 4.78 is 0. The maximum Gasteiger partial charge on any atom is 0.245 e. The standard InChI is InChI=1S/C20H20N4OS/c25-20(23-10-7-18-14(12-23)8-11-26-18)17-6-3-9-24(17)19-15-4-1-2-5-16(15)21-13-22-19/h1-2,4-5,8,11,13,17H,3,6-7,9-10,12H2. The SMILES string of the molecule is O=C(C1CCCN1c1ncnc2ccccc12)N1CCc2sccc2C1. The Kier molecular flexibility index (Phi) is 3.85. The lowest BCUT2D eigenvalue weighted by Gasteiger charge is -2.33. The van der Waals surface area contributed by atoms with Gasteiger partial charge in [0.1, 0.15) is 18.2 Å². The average molecular weight is 364 g/mol. The third-order valence-corrected chi connectivity index (χ3v) is 6.47. The number of thiophene rings is 1. The van der Waals surface area contributed by atoms with Crippen LogP contribution >= 0.6 is 11.3 Å². The predicted octanol–water partition coefficient (Wildman–Crippen LogP) is 3.25. The van der Waals surface area contributed by atoms with Crippen molar-refractivity contribution in [3.05, 3.63) is 52.5 Å². The first kappa shape index (κ1) is 15.8. The number of anilines is 1. The monoisotopic (exact) mass is 364 g/mol. The quantitative estimate of drug-likeness (QED) is 0.700. The second kappa shape index (κ2) is 6.36. The van der Waals surface area contributed by atoms with Gasteiger partial charge in [-0.25, -0.2) is 9.97 Å². The molecule has 1 amide bonds. The number of para-hydroxylation sites is 1. The van der Waals surface area contributed by atoms with E-state index in [1.54, 1.807) is 17.7 Å². The lowest BCUT2D eigenvalue weighted by Crippen LogP contribution is -2.47. The Hall–Kier alpha value is -2.47. The zero-order chi connectivity index (χ0) is 17.5. The van der Waals surface area contributed by atoms with Crippen molar-refractivity contribution in [2.24, 2.45) is 0 Å². The summed E-state index contributed by atoms with van der Waals surface area (Å²) in [6.07, 6.45) is 4.49. The van der Waals surface area contributed by atoms with Crippen molar-refractivity contribution in [1.29, 1.82) is 0 Å². The molecule has 1 unspecified atom stereocenters. The summed E-state index contributed by atoms with van der Waals surface area (Å²) in [5.41, 5.74) is 2.24. The van der Waals surface area contributed by atoms with Crippen LogP contribution in [0.3, 0.4) is 0 Å². The van der Waals surface area contributed by atoms with Gasteiger partial charge in [0.2, 0.25) is 5.91 Å². The molecule has 1 aromatic carbocycles. The second-order valence-corrected chi connectivity index (χ2v) is 7.95. The fraction of sp³-hybridized carbons (Fsp3) is 0.350. The van der Waals surface area contributed by atoms with Crippen molar-refractivity contribution in [2.75, 3.05) is 18.0 Å². The van der Waals surface area contributed by atoms with Crippen LogP contribution in [0.2, 0.25) is 0 Å². The summed E-state index contributed by atoms with van der Waals surface area (Å²) in [7, 11) is 0. The van der Waals surface area contributed by atoms with Crippen molar-refractivity contribution in [1.82, 2.24) is 14.9 Å². The minimum Gasteiger partial charge on any atom is -0.344 e. The largest absolute Gasteiger partial charge is 0.344 e. The lowest BCUT2D eigenvalue weighted by molar-refractivity contribution is -0.133. The van der Waals surface area contributed by atoms with Gasteiger partial charge >= 0.3 is 0 Å². The van der Waals surface area contributed by atoms with Crippen molar-refractivity contribution >= 4 is 34.0 Å². The highest BCUT2D eigenvalue weighted by Gasteiger charge is 2.36. The van der Waals surface area contributed by atoms with E-state index in [0.29, 0.717) is 0 Å². The van der Waals surface area contributed by atoms with E-state index < -0.39 is 0 Å². The zero-order valence-corrected chi connectivity index (χ0v) is 15.3. The minimum absolute atomic E-state index is 0.117. The normalized spacial score (nSPS) is 19.8. The Bertz CT molecular complexity index is 964. The molecule has 0 spiro atoms. The highest BCUT2D eigenvalue weighted by atomic mass is 32.1. The van der Waals surface area contributed by atoms with Crippen LogP contribution in [0.1, 0.15) is 23.3 Å². The molecular weight excluding hydrogens is 344 g/mol. The molecule has 0 radical (unpaired) electrons. The van der Waals surface area contributed by atoms with Crippen LogP contribution in [0, 0.1) is 0 Å². The van der Waals surface area contributed by atoms with Crippen molar-refractivity contribution < 1.29 is 4.79 Å². The lowest BCUT2D eigenvalue weighted by atomic mass is 10.1. The van der Waals surface area contributed by atoms with Gasteiger partial charge in [-0.05, 0) is 48.4 Å². The molecule has 0 saturated carbocycles. The zero-order valence-electron chi connectivity index (χ0n) is 14.5. The molecule has 1 fully saturated rings. The number of hydrogen-bond donors (Lipinski definition) is 0. The second-order valence-electron chi connectivity index (χ2n) is 6.94. The van der Waals surface area contributed by atoms with E-state index in [1.807, 2.05) is 29.2 Å². The first-order chi connectivity index (χ1) is 12.8. The molecule has 1 atom stereocenters. The molecule has 2 aliphatic heterocycles. The Balaban J connectivity index is 1.45. The van der Waals surface area contributed by atoms with Gasteiger partial charge in [-0.15, -0.1) is 11.3 Å². The van der Waals surface area contributed by atoms with Gasteiger partial charge < -0.3 is 9.80 Å². The maximum atomic E-state index is 13.3. The van der Waals surface area contributed by atoms with Gasteiger partial charge in [0.25, 0.3) is 0 Å². The summed E-state index contributed by atoms with van der Waals surface area (Å²) in [6.45, 7) is 2.43. The van der Waals surface area contributed by atoms with E-state index in [9.17, 15) is 4.79 Å². The highest BCUT2D eigenvalue weighted by molar-refractivity contribution is 7.10. The van der Waals surface area contributed by atoms with Crippen LogP contribution in [0.25, 0.3) is 10.9 Å². The summed E-state index contributed by atoms with van der Waals surface area (Å²) in [6, 6.07) is 10.1. The third-order valence-electron chi connectivity index (χ3n) is 5.45. The Morgan fingerprint density at radius 2 is 2.08 bits per heavy atom. The van der Waals surface area contributed by atoms with Crippen molar-refractivity contribution in [3.63, 3.8) is 0 Å². The first-order valence-corrected chi connectivity index (χ1v) is 9.99. The summed E-state index contributed by atoms with van der Waals surface area (Å²) >= 11 is 1.80. The van der Waals surface area contributed by atoms with E-state index in [0.717, 1.165) is 55.6 Å². The van der Waals surface area contributed by atoms with E-state index in [1.165, 1.54) is 10.4 Å². The van der Waals surface area contributed by atoms with Crippen LogP contribution in [0.5, 0.6) is 0 Å². The smallest absolute Gasteiger partial charge is 0.245 e. The summed E-state index contributed by atoms with van der Waals surface area (Å²) in [5.74, 6) is 1.13. The van der Waals surface area contributed by atoms with E-state index in [2.05, 4.69) is 26.3 Å². The molecule has 3 aromatic rings. The number of aromatic nitrogens is 2. The number of hydrogen-bond acceptors (Lipinski definition) is 5. The molecule has 132 valence electrons. The van der Waals surface area contributed by atoms with Crippen LogP contribution < -0.4 is 4.90 Å². The third kappa shape index (κ3) is 2.56. The van der Waals surface area contributed by atoms with Crippen LogP contribution in [-0.2, 0) is 17.8 Å². The van der Waals surface area contributed by atoms with Crippen LogP contribution in [-0.4, -0.2) is 39.9 Å². The number of carbonyl (C=O) groups is 1. The fourth-order valence-electron chi connectivity index (χ4n) is 4.14. The molecule has 1 saturated heterocycles. The van der Waals surface area contributed by atoms with E-state index in [-0.39, 0.29) is 11.9 Å². The highest BCUT2D eigenvalue weighted by Crippen LogP contribution is 2.32. The Morgan fingerprint density at radius 3 is 3.04 bits per heavy atom. The van der Waals surface area contributed by atoms with Gasteiger partial charge in [-0.3, -0.25) is 4.79 Å². The van der Waals surface area contributed by atoms with Gasteiger partial charge in [0, 0.05) is 29.9 Å². The van der Waals surface area contributed by atoms with Gasteiger partial charge in [-0.1, -0.05) is 12.1 Å². The number of fused-ring (bicyclic) bond motifs is 2. The topological polar surface area (TPSA) is 49.3 Å². The number of benzene rings is 1. The molecule has 4 heterocycles. The minimum atomic E-state index is -0.117. The molecule has 0 aliphatic carbocycles.